The molecule has 0 aromatic carbocycles. The van der Waals surface area contributed by atoms with E-state index in [1.54, 1.807) is 0 Å². The summed E-state index contributed by atoms with van der Waals surface area (Å²) in [5, 5.41) is 8.53. The van der Waals surface area contributed by atoms with Crippen LogP contribution in [0.1, 0.15) is 27.7 Å². The van der Waals surface area contributed by atoms with E-state index in [2.05, 4.69) is 24.8 Å². The second-order valence-corrected chi connectivity index (χ2v) is 3.83. The molecule has 2 nitrogen and oxygen atoms in total. The first-order valence-corrected chi connectivity index (χ1v) is 4.73. The van der Waals surface area contributed by atoms with E-state index in [1.807, 2.05) is 32.1 Å². The van der Waals surface area contributed by atoms with Crippen LogP contribution < -0.4 is 0 Å². The smallest absolute Gasteiger partial charge is 0.113 e. The van der Waals surface area contributed by atoms with E-state index >= 15 is 0 Å². The van der Waals surface area contributed by atoms with Gasteiger partial charge in [0, 0.05) is 0 Å². The summed E-state index contributed by atoms with van der Waals surface area (Å²) in [7, 11) is 0. The normalized spacial score (nSPS) is 15.3. The molecule has 2 heteroatoms. The number of rotatable bonds is 5. The minimum atomic E-state index is -0.211. The summed E-state index contributed by atoms with van der Waals surface area (Å²) in [6.45, 7) is 8.23. The molecule has 0 rings (SSSR count). The highest BCUT2D eigenvalue weighted by molar-refractivity contribution is 5.06. The second kappa shape index (κ2) is 6.87. The van der Waals surface area contributed by atoms with Gasteiger partial charge < -0.3 is 0 Å². The first-order chi connectivity index (χ1) is 6.07. The SMILES string of the molecule is CC(C)/C=C/C=C/C(OO)C(C)C. The fourth-order valence-corrected chi connectivity index (χ4v) is 0.839. The summed E-state index contributed by atoms with van der Waals surface area (Å²) in [5.74, 6) is 0.839. The number of hydrogen-bond donors (Lipinski definition) is 1. The van der Waals surface area contributed by atoms with Crippen molar-refractivity contribution in [1.29, 1.82) is 0 Å². The van der Waals surface area contributed by atoms with Crippen molar-refractivity contribution >= 4 is 0 Å². The fraction of sp³-hybridized carbons (Fsp3) is 0.636. The van der Waals surface area contributed by atoms with E-state index in [-0.39, 0.29) is 12.0 Å². The Morgan fingerprint density at radius 2 is 1.54 bits per heavy atom. The molecule has 0 aromatic heterocycles. The summed E-state index contributed by atoms with van der Waals surface area (Å²) >= 11 is 0. The van der Waals surface area contributed by atoms with Crippen LogP contribution in [0.3, 0.4) is 0 Å². The topological polar surface area (TPSA) is 29.5 Å². The van der Waals surface area contributed by atoms with E-state index in [1.165, 1.54) is 0 Å². The molecule has 0 spiro atoms. The molecule has 1 atom stereocenters. The van der Waals surface area contributed by atoms with Gasteiger partial charge in [0.1, 0.15) is 6.10 Å². The summed E-state index contributed by atoms with van der Waals surface area (Å²) in [6.07, 6.45) is 7.60. The van der Waals surface area contributed by atoms with Gasteiger partial charge in [0.2, 0.25) is 0 Å². The van der Waals surface area contributed by atoms with Crippen LogP contribution in [0.25, 0.3) is 0 Å². The van der Waals surface area contributed by atoms with Crippen molar-refractivity contribution in [2.45, 2.75) is 33.8 Å². The molecule has 1 unspecified atom stereocenters. The maximum Gasteiger partial charge on any atom is 0.113 e. The average Bonchev–Trinajstić information content (AvgIpc) is 2.03. The van der Waals surface area contributed by atoms with Gasteiger partial charge in [0.15, 0.2) is 0 Å². The average molecular weight is 184 g/mol. The van der Waals surface area contributed by atoms with Crippen molar-refractivity contribution in [3.63, 3.8) is 0 Å². The quantitative estimate of drug-likeness (QED) is 0.403. The van der Waals surface area contributed by atoms with Crippen molar-refractivity contribution in [3.8, 4) is 0 Å². The Hall–Kier alpha value is -0.600. The van der Waals surface area contributed by atoms with Gasteiger partial charge in [0.05, 0.1) is 0 Å². The Bertz CT molecular complexity index is 169. The highest BCUT2D eigenvalue weighted by Crippen LogP contribution is 2.06. The standard InChI is InChI=1S/C11H20O2/c1-9(2)7-5-6-8-11(13-12)10(3)4/h5-12H,1-4H3/b7-5+,8-6+. The van der Waals surface area contributed by atoms with Crippen LogP contribution in [0.2, 0.25) is 0 Å². The Kier molecular flexibility index (Phi) is 6.55. The Morgan fingerprint density at radius 1 is 1.00 bits per heavy atom. The largest absolute Gasteiger partial charge is 0.251 e. The zero-order valence-electron chi connectivity index (χ0n) is 8.90. The van der Waals surface area contributed by atoms with Crippen molar-refractivity contribution in [3.05, 3.63) is 24.3 Å². The molecule has 0 radical (unpaired) electrons. The number of hydrogen-bond acceptors (Lipinski definition) is 2. The van der Waals surface area contributed by atoms with Gasteiger partial charge in [-0.1, -0.05) is 52.0 Å². The third-order valence-electron chi connectivity index (χ3n) is 1.69. The first-order valence-electron chi connectivity index (χ1n) is 4.73. The van der Waals surface area contributed by atoms with Crippen LogP contribution in [0, 0.1) is 11.8 Å². The molecule has 0 saturated heterocycles. The van der Waals surface area contributed by atoms with Crippen molar-refractivity contribution in [2.75, 3.05) is 0 Å². The van der Waals surface area contributed by atoms with E-state index in [4.69, 9.17) is 5.26 Å². The van der Waals surface area contributed by atoms with Gasteiger partial charge in [-0.3, -0.25) is 5.26 Å². The summed E-state index contributed by atoms with van der Waals surface area (Å²) < 4.78 is 0. The van der Waals surface area contributed by atoms with Crippen LogP contribution >= 0.6 is 0 Å². The van der Waals surface area contributed by atoms with E-state index in [0.29, 0.717) is 5.92 Å². The molecule has 0 aliphatic carbocycles. The highest BCUT2D eigenvalue weighted by atomic mass is 17.1. The van der Waals surface area contributed by atoms with E-state index in [0.717, 1.165) is 0 Å². The third kappa shape index (κ3) is 6.55. The van der Waals surface area contributed by atoms with Gasteiger partial charge in [-0.25, -0.2) is 4.89 Å². The lowest BCUT2D eigenvalue weighted by Crippen LogP contribution is -2.14. The molecule has 0 aliphatic rings. The Labute approximate surface area is 80.8 Å². The second-order valence-electron chi connectivity index (χ2n) is 3.83. The maximum atomic E-state index is 8.53. The Morgan fingerprint density at radius 3 is 1.92 bits per heavy atom. The van der Waals surface area contributed by atoms with Gasteiger partial charge in [-0.05, 0) is 11.8 Å². The van der Waals surface area contributed by atoms with Gasteiger partial charge in [0.25, 0.3) is 0 Å². The van der Waals surface area contributed by atoms with Crippen molar-refractivity contribution in [2.24, 2.45) is 11.8 Å². The molecular weight excluding hydrogens is 164 g/mol. The predicted molar refractivity (Wildman–Crippen MR) is 55.5 cm³/mol. The maximum absolute atomic E-state index is 8.53. The molecule has 0 aromatic rings. The molecular formula is C11H20O2. The lowest BCUT2D eigenvalue weighted by atomic mass is 10.1. The van der Waals surface area contributed by atoms with Crippen LogP contribution in [0.5, 0.6) is 0 Å². The lowest BCUT2D eigenvalue weighted by molar-refractivity contribution is -0.274. The van der Waals surface area contributed by atoms with Crippen LogP contribution in [-0.2, 0) is 4.89 Å². The third-order valence-corrected chi connectivity index (χ3v) is 1.69. The molecule has 0 heterocycles. The monoisotopic (exact) mass is 184 g/mol. The van der Waals surface area contributed by atoms with Crippen molar-refractivity contribution < 1.29 is 10.1 Å². The minimum absolute atomic E-state index is 0.211. The predicted octanol–water partition coefficient (Wildman–Crippen LogP) is 3.27. The molecule has 0 saturated carbocycles. The van der Waals surface area contributed by atoms with E-state index in [9.17, 15) is 0 Å². The minimum Gasteiger partial charge on any atom is -0.251 e. The van der Waals surface area contributed by atoms with Gasteiger partial charge in [-0.2, -0.15) is 0 Å². The van der Waals surface area contributed by atoms with Crippen LogP contribution in [0.4, 0.5) is 0 Å². The molecule has 13 heavy (non-hydrogen) atoms. The lowest BCUT2D eigenvalue weighted by Gasteiger charge is -2.11. The van der Waals surface area contributed by atoms with Gasteiger partial charge in [-0.15, -0.1) is 0 Å². The van der Waals surface area contributed by atoms with Gasteiger partial charge >= 0.3 is 0 Å². The molecule has 0 aliphatic heterocycles. The summed E-state index contributed by atoms with van der Waals surface area (Å²) in [4.78, 5) is 4.30. The highest BCUT2D eigenvalue weighted by Gasteiger charge is 2.08. The first kappa shape index (κ1) is 12.4. The summed E-state index contributed by atoms with van der Waals surface area (Å²) in [6, 6.07) is 0. The summed E-state index contributed by atoms with van der Waals surface area (Å²) in [5.41, 5.74) is 0. The van der Waals surface area contributed by atoms with Crippen molar-refractivity contribution in [1.82, 2.24) is 0 Å². The zero-order valence-corrected chi connectivity index (χ0v) is 8.90. The van der Waals surface area contributed by atoms with E-state index < -0.39 is 0 Å². The number of allylic oxidation sites excluding steroid dienone is 3. The van der Waals surface area contributed by atoms with Crippen LogP contribution in [-0.4, -0.2) is 11.4 Å². The Balaban J connectivity index is 3.93. The fourth-order valence-electron chi connectivity index (χ4n) is 0.839. The molecule has 76 valence electrons. The molecule has 0 bridgehead atoms. The molecule has 0 amide bonds. The van der Waals surface area contributed by atoms with Crippen LogP contribution in [0.15, 0.2) is 24.3 Å². The molecule has 1 N–H and O–H groups in total. The zero-order chi connectivity index (χ0) is 10.3. The molecule has 0 fully saturated rings.